The summed E-state index contributed by atoms with van der Waals surface area (Å²) < 4.78 is 8.85. The molecule has 0 unspecified atom stereocenters. The van der Waals surface area contributed by atoms with Crippen molar-refractivity contribution >= 4 is 36.1 Å². The van der Waals surface area contributed by atoms with Gasteiger partial charge in [-0.05, 0) is 18.4 Å². The summed E-state index contributed by atoms with van der Waals surface area (Å²) in [6.45, 7) is 0.192. The fraction of sp³-hybridized carbons (Fsp3) is 0.400. The van der Waals surface area contributed by atoms with Crippen molar-refractivity contribution in [1.82, 2.24) is 20.9 Å². The first kappa shape index (κ1) is 25.1. The molecular formula is C20H25N5O8. The van der Waals surface area contributed by atoms with Crippen LogP contribution in [-0.2, 0) is 25.6 Å². The SMILES string of the molecule is COC(=O)NC(=NCCC[C@H]1C(=O)N(C(=O)NCc2ccccc2)[C@@H]1C(=O)O)NC(=O)OC. The molecule has 0 aliphatic carbocycles. The zero-order valence-electron chi connectivity index (χ0n) is 18.1. The van der Waals surface area contributed by atoms with Gasteiger partial charge in [-0.25, -0.2) is 24.1 Å². The van der Waals surface area contributed by atoms with Crippen LogP contribution in [-0.4, -0.2) is 72.9 Å². The quantitative estimate of drug-likeness (QED) is 0.197. The number of nitrogens with one attached hydrogen (secondary N) is 3. The number of aliphatic imine (C=N–C) groups is 1. The number of nitrogens with zero attached hydrogens (tertiary/aromatic N) is 2. The van der Waals surface area contributed by atoms with Crippen LogP contribution in [0.25, 0.3) is 0 Å². The first-order valence-corrected chi connectivity index (χ1v) is 9.90. The predicted molar refractivity (Wildman–Crippen MR) is 113 cm³/mol. The smallest absolute Gasteiger partial charge is 0.413 e. The maximum atomic E-state index is 12.4. The number of benzene rings is 1. The highest BCUT2D eigenvalue weighted by molar-refractivity contribution is 6.07. The van der Waals surface area contributed by atoms with Gasteiger partial charge in [0.05, 0.1) is 20.1 Å². The molecule has 2 rings (SSSR count). The first-order chi connectivity index (χ1) is 15.8. The number of β-lactam (4-membered cyclic amide) rings is 1. The number of imide groups is 1. The zero-order valence-corrected chi connectivity index (χ0v) is 18.1. The largest absolute Gasteiger partial charge is 0.480 e. The molecule has 0 aromatic heterocycles. The number of aliphatic carboxylic acids is 1. The molecule has 4 N–H and O–H groups in total. The normalized spacial score (nSPS) is 16.7. The van der Waals surface area contributed by atoms with Crippen LogP contribution in [0, 0.1) is 5.92 Å². The number of rotatable bonds is 7. The fourth-order valence-electron chi connectivity index (χ4n) is 3.11. The summed E-state index contributed by atoms with van der Waals surface area (Å²) in [5.41, 5.74) is 0.803. The Kier molecular flexibility index (Phi) is 9.15. The Hall–Kier alpha value is -4.16. The Morgan fingerprint density at radius 1 is 1.06 bits per heavy atom. The second-order valence-corrected chi connectivity index (χ2v) is 6.85. The van der Waals surface area contributed by atoms with Gasteiger partial charge in [0.25, 0.3) is 0 Å². The van der Waals surface area contributed by atoms with Crippen LogP contribution in [0.15, 0.2) is 35.3 Å². The summed E-state index contributed by atoms with van der Waals surface area (Å²) in [5, 5.41) is 16.4. The molecule has 1 aliphatic heterocycles. The lowest BCUT2D eigenvalue weighted by molar-refractivity contribution is -0.166. The van der Waals surface area contributed by atoms with Crippen molar-refractivity contribution in [3.05, 3.63) is 35.9 Å². The van der Waals surface area contributed by atoms with Gasteiger partial charge in [0.2, 0.25) is 11.9 Å². The van der Waals surface area contributed by atoms with Crippen molar-refractivity contribution in [3.8, 4) is 0 Å². The lowest BCUT2D eigenvalue weighted by Gasteiger charge is -2.42. The number of guanidine groups is 1. The van der Waals surface area contributed by atoms with Gasteiger partial charge in [-0.2, -0.15) is 0 Å². The Balaban J connectivity index is 1.91. The Labute approximate surface area is 189 Å². The van der Waals surface area contributed by atoms with E-state index in [1.54, 1.807) is 24.3 Å². The van der Waals surface area contributed by atoms with Gasteiger partial charge >= 0.3 is 24.2 Å². The molecule has 1 fully saturated rings. The van der Waals surface area contributed by atoms with Crippen LogP contribution in [0.1, 0.15) is 18.4 Å². The molecule has 1 aliphatic rings. The number of carboxylic acid groups (broad SMARTS) is 1. The van der Waals surface area contributed by atoms with Gasteiger partial charge < -0.3 is 19.9 Å². The van der Waals surface area contributed by atoms with Crippen LogP contribution in [0.3, 0.4) is 0 Å². The van der Waals surface area contributed by atoms with E-state index in [-0.39, 0.29) is 31.9 Å². The second kappa shape index (κ2) is 12.0. The van der Waals surface area contributed by atoms with E-state index in [9.17, 15) is 29.1 Å². The van der Waals surface area contributed by atoms with Gasteiger partial charge in [-0.1, -0.05) is 30.3 Å². The number of methoxy groups -OCH3 is 2. The molecular weight excluding hydrogens is 438 g/mol. The van der Waals surface area contributed by atoms with Crippen LogP contribution in [0.4, 0.5) is 14.4 Å². The lowest BCUT2D eigenvalue weighted by Crippen LogP contribution is -2.68. The van der Waals surface area contributed by atoms with E-state index in [2.05, 4.69) is 30.4 Å². The van der Waals surface area contributed by atoms with Gasteiger partial charge in [-0.3, -0.25) is 20.4 Å². The summed E-state index contributed by atoms with van der Waals surface area (Å²) >= 11 is 0. The van der Waals surface area contributed by atoms with E-state index < -0.39 is 42.1 Å². The number of carboxylic acids is 1. The van der Waals surface area contributed by atoms with E-state index >= 15 is 0 Å². The van der Waals surface area contributed by atoms with E-state index in [0.717, 1.165) is 19.8 Å². The van der Waals surface area contributed by atoms with Crippen molar-refractivity contribution in [2.24, 2.45) is 10.9 Å². The third kappa shape index (κ3) is 6.92. The number of hydrogen-bond acceptors (Lipinski definition) is 8. The third-order valence-corrected chi connectivity index (χ3v) is 4.73. The van der Waals surface area contributed by atoms with Crippen LogP contribution >= 0.6 is 0 Å². The number of urea groups is 1. The minimum atomic E-state index is -1.29. The number of carbonyl (C=O) groups is 5. The number of amides is 5. The zero-order chi connectivity index (χ0) is 24.4. The van der Waals surface area contributed by atoms with Crippen molar-refractivity contribution in [2.45, 2.75) is 25.4 Å². The Morgan fingerprint density at radius 2 is 1.67 bits per heavy atom. The van der Waals surface area contributed by atoms with Gasteiger partial charge in [0.15, 0.2) is 6.04 Å². The Bertz CT molecular complexity index is 900. The molecule has 0 spiro atoms. The molecule has 0 bridgehead atoms. The third-order valence-electron chi connectivity index (χ3n) is 4.73. The number of hydrogen-bond donors (Lipinski definition) is 4. The predicted octanol–water partition coefficient (Wildman–Crippen LogP) is 0.656. The summed E-state index contributed by atoms with van der Waals surface area (Å²) in [5.74, 6) is -3.02. The topological polar surface area (TPSA) is 176 Å². The minimum absolute atomic E-state index is 0.0413. The summed E-state index contributed by atoms with van der Waals surface area (Å²) in [7, 11) is 2.25. The molecule has 13 nitrogen and oxygen atoms in total. The van der Waals surface area contributed by atoms with Gasteiger partial charge in [0.1, 0.15) is 0 Å². The molecule has 5 amide bonds. The van der Waals surface area contributed by atoms with Crippen molar-refractivity contribution < 1.29 is 38.6 Å². The van der Waals surface area contributed by atoms with E-state index in [1.165, 1.54) is 0 Å². The molecule has 1 aromatic carbocycles. The van der Waals surface area contributed by atoms with Crippen molar-refractivity contribution in [3.63, 3.8) is 0 Å². The molecule has 1 aromatic rings. The highest BCUT2D eigenvalue weighted by atomic mass is 16.5. The average Bonchev–Trinajstić information content (AvgIpc) is 2.80. The maximum absolute atomic E-state index is 12.4. The first-order valence-electron chi connectivity index (χ1n) is 9.90. The molecule has 2 atom stereocenters. The molecule has 33 heavy (non-hydrogen) atoms. The molecule has 0 radical (unpaired) electrons. The highest BCUT2D eigenvalue weighted by Crippen LogP contribution is 2.31. The number of ether oxygens (including phenoxy) is 2. The second-order valence-electron chi connectivity index (χ2n) is 6.85. The molecule has 13 heteroatoms. The van der Waals surface area contributed by atoms with Crippen molar-refractivity contribution in [1.29, 1.82) is 0 Å². The van der Waals surface area contributed by atoms with E-state index in [1.807, 2.05) is 6.07 Å². The average molecular weight is 463 g/mol. The molecule has 1 saturated heterocycles. The number of likely N-dealkylation sites (tertiary alicyclic amines) is 1. The monoisotopic (exact) mass is 463 g/mol. The van der Waals surface area contributed by atoms with E-state index in [0.29, 0.717) is 4.90 Å². The molecule has 178 valence electrons. The summed E-state index contributed by atoms with van der Waals surface area (Å²) in [6, 6.07) is 6.90. The lowest BCUT2D eigenvalue weighted by atomic mass is 9.84. The number of carbonyl (C=O) groups excluding carboxylic acids is 4. The van der Waals surface area contributed by atoms with Crippen molar-refractivity contribution in [2.75, 3.05) is 20.8 Å². The van der Waals surface area contributed by atoms with Crippen LogP contribution in [0.2, 0.25) is 0 Å². The highest BCUT2D eigenvalue weighted by Gasteiger charge is 2.54. The molecule has 1 heterocycles. The summed E-state index contributed by atoms with van der Waals surface area (Å²) in [4.78, 5) is 63.8. The summed E-state index contributed by atoms with van der Waals surface area (Å²) in [6.07, 6.45) is -1.37. The van der Waals surface area contributed by atoms with Gasteiger partial charge in [0, 0.05) is 13.1 Å². The van der Waals surface area contributed by atoms with Crippen LogP contribution < -0.4 is 16.0 Å². The number of alkyl carbamates (subject to hydrolysis) is 2. The Morgan fingerprint density at radius 3 is 2.21 bits per heavy atom. The van der Waals surface area contributed by atoms with Gasteiger partial charge in [-0.15, -0.1) is 0 Å². The van der Waals surface area contributed by atoms with E-state index in [4.69, 9.17) is 0 Å². The van der Waals surface area contributed by atoms with Crippen LogP contribution in [0.5, 0.6) is 0 Å². The fourth-order valence-corrected chi connectivity index (χ4v) is 3.11. The standard InChI is InChI=1S/C20H25N5O8/c1-32-19(30)23-17(24-20(31)33-2)21-10-6-9-13-14(16(27)28)25(15(13)26)18(29)22-11-12-7-4-3-5-8-12/h3-5,7-8,13-14H,6,9-11H2,1-2H3,(H,22,29)(H,27,28)(H2,21,23,24,30,31)/t13-,14+/m1/s1. The maximum Gasteiger partial charge on any atom is 0.413 e. The molecule has 0 saturated carbocycles. The minimum Gasteiger partial charge on any atom is -0.480 e.